The highest BCUT2D eigenvalue weighted by atomic mass is 79.9. The van der Waals surface area contributed by atoms with Crippen LogP contribution in [0.1, 0.15) is 18.9 Å². The molecule has 1 atom stereocenters. The van der Waals surface area contributed by atoms with E-state index in [1.165, 1.54) is 0 Å². The summed E-state index contributed by atoms with van der Waals surface area (Å²) in [6, 6.07) is 6.48. The Morgan fingerprint density at radius 2 is 1.94 bits per heavy atom. The first-order valence-corrected chi connectivity index (χ1v) is 6.09. The molecule has 17 heavy (non-hydrogen) atoms. The van der Waals surface area contributed by atoms with Crippen LogP contribution in [0.25, 0.3) is 0 Å². The Bertz CT molecular complexity index is 403. The lowest BCUT2D eigenvalue weighted by Gasteiger charge is -2.14. The van der Waals surface area contributed by atoms with Crippen molar-refractivity contribution in [1.29, 1.82) is 0 Å². The van der Waals surface area contributed by atoms with Gasteiger partial charge in [0.15, 0.2) is 0 Å². The van der Waals surface area contributed by atoms with Gasteiger partial charge in [-0.15, -0.1) is 0 Å². The third kappa shape index (κ3) is 4.56. The van der Waals surface area contributed by atoms with E-state index in [0.29, 0.717) is 0 Å². The third-order valence-corrected chi connectivity index (χ3v) is 2.84. The Labute approximate surface area is 108 Å². The fraction of sp³-hybridized carbons (Fsp3) is 0.333. The Balaban J connectivity index is 2.70. The van der Waals surface area contributed by atoms with Crippen LogP contribution in [-0.2, 0) is 16.0 Å². The fourth-order valence-electron chi connectivity index (χ4n) is 1.35. The van der Waals surface area contributed by atoms with Gasteiger partial charge in [0.05, 0.1) is 0 Å². The minimum atomic E-state index is -1.02. The predicted octanol–water partition coefficient (Wildman–Crippen LogP) is 1.97. The van der Waals surface area contributed by atoms with E-state index in [-0.39, 0.29) is 18.7 Å². The average molecular weight is 300 g/mol. The molecule has 0 saturated heterocycles. The van der Waals surface area contributed by atoms with Crippen LogP contribution in [0.4, 0.5) is 0 Å². The summed E-state index contributed by atoms with van der Waals surface area (Å²) in [5.41, 5.74) is 0.872. The molecule has 4 nitrogen and oxygen atoms in total. The molecule has 1 amide bonds. The second-order valence-electron chi connectivity index (χ2n) is 3.64. The van der Waals surface area contributed by atoms with E-state index in [2.05, 4.69) is 21.2 Å². The van der Waals surface area contributed by atoms with Crippen LogP contribution in [0.15, 0.2) is 28.7 Å². The molecule has 0 aliphatic rings. The summed E-state index contributed by atoms with van der Waals surface area (Å²) in [5, 5.41) is 11.5. The highest BCUT2D eigenvalue weighted by Gasteiger charge is 2.19. The molecule has 2 N–H and O–H groups in total. The van der Waals surface area contributed by atoms with E-state index >= 15 is 0 Å². The van der Waals surface area contributed by atoms with Gasteiger partial charge >= 0.3 is 5.97 Å². The number of halogens is 1. The molecule has 0 spiro atoms. The third-order valence-electron chi connectivity index (χ3n) is 2.31. The smallest absolute Gasteiger partial charge is 0.326 e. The number of hydrogen-bond acceptors (Lipinski definition) is 2. The van der Waals surface area contributed by atoms with Gasteiger partial charge in [0.1, 0.15) is 6.04 Å². The number of benzene rings is 1. The topological polar surface area (TPSA) is 66.4 Å². The molecule has 0 aromatic heterocycles. The zero-order valence-electron chi connectivity index (χ0n) is 9.44. The van der Waals surface area contributed by atoms with Crippen LogP contribution in [0.2, 0.25) is 0 Å². The Morgan fingerprint density at radius 1 is 1.35 bits per heavy atom. The number of aliphatic carboxylic acids is 1. The minimum Gasteiger partial charge on any atom is -0.480 e. The molecule has 0 bridgehead atoms. The molecule has 5 heteroatoms. The molecular weight excluding hydrogens is 286 g/mol. The zero-order chi connectivity index (χ0) is 12.8. The zero-order valence-corrected chi connectivity index (χ0v) is 11.0. The molecular formula is C12H14BrNO3. The lowest BCUT2D eigenvalue weighted by Crippen LogP contribution is -2.42. The number of carbonyl (C=O) groups excluding carboxylic acids is 1. The van der Waals surface area contributed by atoms with Gasteiger partial charge in [-0.25, -0.2) is 4.79 Å². The Kier molecular flexibility index (Phi) is 5.15. The van der Waals surface area contributed by atoms with Crippen molar-refractivity contribution in [3.05, 3.63) is 34.3 Å². The summed E-state index contributed by atoms with van der Waals surface area (Å²) >= 11 is 3.31. The van der Waals surface area contributed by atoms with Crippen molar-refractivity contribution < 1.29 is 14.7 Å². The summed E-state index contributed by atoms with van der Waals surface area (Å²) in [6.45, 7) is 1.69. The van der Waals surface area contributed by atoms with Gasteiger partial charge in [0.25, 0.3) is 0 Å². The van der Waals surface area contributed by atoms with E-state index in [4.69, 9.17) is 5.11 Å². The van der Waals surface area contributed by atoms with E-state index in [9.17, 15) is 9.59 Å². The standard InChI is InChI=1S/C12H14BrNO3/c1-2-11(15)14-10(12(16)17)7-8-3-5-9(13)6-4-8/h3-6,10H,2,7H2,1H3,(H,14,15)(H,16,17). The van der Waals surface area contributed by atoms with Crippen molar-refractivity contribution in [3.63, 3.8) is 0 Å². The van der Waals surface area contributed by atoms with Crippen molar-refractivity contribution in [1.82, 2.24) is 5.32 Å². The number of rotatable bonds is 5. The second-order valence-corrected chi connectivity index (χ2v) is 4.56. The Morgan fingerprint density at radius 3 is 2.41 bits per heavy atom. The number of carboxylic acid groups (broad SMARTS) is 1. The van der Waals surface area contributed by atoms with Crippen LogP contribution in [0, 0.1) is 0 Å². The number of carbonyl (C=O) groups is 2. The van der Waals surface area contributed by atoms with Crippen LogP contribution >= 0.6 is 15.9 Å². The fourth-order valence-corrected chi connectivity index (χ4v) is 1.62. The van der Waals surface area contributed by atoms with Gasteiger partial charge in [0, 0.05) is 17.3 Å². The molecule has 0 radical (unpaired) electrons. The SMILES string of the molecule is CCC(=O)NC(Cc1ccc(Br)cc1)C(=O)O. The largest absolute Gasteiger partial charge is 0.480 e. The van der Waals surface area contributed by atoms with Gasteiger partial charge < -0.3 is 10.4 Å². The molecule has 1 unspecified atom stereocenters. The number of amides is 1. The molecule has 92 valence electrons. The van der Waals surface area contributed by atoms with E-state index < -0.39 is 12.0 Å². The normalized spacial score (nSPS) is 11.9. The van der Waals surface area contributed by atoms with Gasteiger partial charge in [-0.2, -0.15) is 0 Å². The van der Waals surface area contributed by atoms with Gasteiger partial charge in [-0.3, -0.25) is 4.79 Å². The lowest BCUT2D eigenvalue weighted by atomic mass is 10.1. The maximum absolute atomic E-state index is 11.2. The average Bonchev–Trinajstić information content (AvgIpc) is 2.30. The van der Waals surface area contributed by atoms with Gasteiger partial charge in [-0.05, 0) is 17.7 Å². The lowest BCUT2D eigenvalue weighted by molar-refractivity contribution is -0.141. The monoisotopic (exact) mass is 299 g/mol. The molecule has 1 aromatic carbocycles. The first-order chi connectivity index (χ1) is 8.02. The van der Waals surface area contributed by atoms with Crippen LogP contribution in [-0.4, -0.2) is 23.0 Å². The molecule has 0 fully saturated rings. The number of nitrogens with one attached hydrogen (secondary N) is 1. The van der Waals surface area contributed by atoms with Gasteiger partial charge in [0.2, 0.25) is 5.91 Å². The van der Waals surface area contributed by atoms with Gasteiger partial charge in [-0.1, -0.05) is 35.0 Å². The molecule has 0 saturated carbocycles. The van der Waals surface area contributed by atoms with Crippen molar-refractivity contribution in [2.24, 2.45) is 0 Å². The van der Waals surface area contributed by atoms with Crippen molar-refractivity contribution >= 4 is 27.8 Å². The highest BCUT2D eigenvalue weighted by Crippen LogP contribution is 2.12. The van der Waals surface area contributed by atoms with Crippen molar-refractivity contribution in [3.8, 4) is 0 Å². The summed E-state index contributed by atoms with van der Waals surface area (Å²) in [7, 11) is 0. The molecule has 0 aliphatic carbocycles. The first-order valence-electron chi connectivity index (χ1n) is 5.29. The van der Waals surface area contributed by atoms with E-state index in [0.717, 1.165) is 10.0 Å². The molecule has 0 aliphatic heterocycles. The first kappa shape index (κ1) is 13.7. The summed E-state index contributed by atoms with van der Waals surface area (Å²) in [5.74, 6) is -1.27. The van der Waals surface area contributed by atoms with Crippen LogP contribution in [0.3, 0.4) is 0 Å². The minimum absolute atomic E-state index is 0.255. The Hall–Kier alpha value is -1.36. The maximum Gasteiger partial charge on any atom is 0.326 e. The molecule has 1 rings (SSSR count). The predicted molar refractivity (Wildman–Crippen MR) is 67.7 cm³/mol. The van der Waals surface area contributed by atoms with Crippen LogP contribution in [0.5, 0.6) is 0 Å². The second kappa shape index (κ2) is 6.39. The molecule has 0 heterocycles. The summed E-state index contributed by atoms with van der Waals surface area (Å²) in [4.78, 5) is 22.2. The summed E-state index contributed by atoms with van der Waals surface area (Å²) < 4.78 is 0.936. The summed E-state index contributed by atoms with van der Waals surface area (Å²) in [6.07, 6.45) is 0.568. The van der Waals surface area contributed by atoms with Crippen molar-refractivity contribution in [2.75, 3.05) is 0 Å². The highest BCUT2D eigenvalue weighted by molar-refractivity contribution is 9.10. The van der Waals surface area contributed by atoms with E-state index in [1.807, 2.05) is 24.3 Å². The number of carboxylic acids is 1. The number of hydrogen-bond donors (Lipinski definition) is 2. The van der Waals surface area contributed by atoms with Crippen molar-refractivity contribution in [2.45, 2.75) is 25.8 Å². The van der Waals surface area contributed by atoms with Crippen LogP contribution < -0.4 is 5.32 Å². The van der Waals surface area contributed by atoms with E-state index in [1.54, 1.807) is 6.92 Å². The maximum atomic E-state index is 11.2. The molecule has 1 aromatic rings. The quantitative estimate of drug-likeness (QED) is 0.873.